The molecule has 0 aliphatic rings. The van der Waals surface area contributed by atoms with E-state index in [9.17, 15) is 20.0 Å². The van der Waals surface area contributed by atoms with Crippen LogP contribution in [-0.2, 0) is 4.74 Å². The number of fused-ring (bicyclic) bond motifs is 1. The van der Waals surface area contributed by atoms with Gasteiger partial charge < -0.3 is 20.1 Å². The first-order valence-corrected chi connectivity index (χ1v) is 9.58. The number of benzene rings is 2. The number of carbonyl (C=O) groups excluding carboxylic acids is 1. The molecule has 2 aromatic heterocycles. The molecule has 4 aromatic rings. The fourth-order valence-corrected chi connectivity index (χ4v) is 3.60. The van der Waals surface area contributed by atoms with Crippen LogP contribution in [0, 0.1) is 18.3 Å². The number of aromatic nitrogens is 2. The fourth-order valence-electron chi connectivity index (χ4n) is 3.60. The lowest BCUT2D eigenvalue weighted by Crippen LogP contribution is -2.11. The van der Waals surface area contributed by atoms with E-state index in [4.69, 9.17) is 10.5 Å². The molecule has 0 unspecified atom stereocenters. The quantitative estimate of drug-likeness (QED) is 0.473. The molecule has 0 fully saturated rings. The van der Waals surface area contributed by atoms with Gasteiger partial charge in [-0.2, -0.15) is 5.26 Å². The number of hydrogen-bond donors (Lipinski definition) is 2. The number of carboxylic acid groups (broad SMARTS) is 1. The van der Waals surface area contributed by atoms with Crippen molar-refractivity contribution in [3.63, 3.8) is 0 Å². The lowest BCUT2D eigenvalue weighted by atomic mass is 10.0. The lowest BCUT2D eigenvalue weighted by molar-refractivity contribution is 0.0592. The molecule has 0 aliphatic carbocycles. The molecular weight excluding hydrogens is 408 g/mol. The molecule has 2 heterocycles. The third-order valence-electron chi connectivity index (χ3n) is 5.16. The SMILES string of the molecule is COC(=O)c1c(N)c(C#N)cn1-c1cccc(-c2cc(C(=O)O)c3cc(C)ccc3n2)c1. The molecule has 0 aliphatic heterocycles. The number of rotatable bonds is 4. The zero-order chi connectivity index (χ0) is 23.0. The van der Waals surface area contributed by atoms with Crippen LogP contribution in [0.4, 0.5) is 5.69 Å². The Balaban J connectivity index is 1.91. The summed E-state index contributed by atoms with van der Waals surface area (Å²) in [6, 6.07) is 15.9. The van der Waals surface area contributed by atoms with Gasteiger partial charge in [0.1, 0.15) is 6.07 Å². The predicted octanol–water partition coefficient (Wildman–Crippen LogP) is 3.94. The molecule has 2 aromatic carbocycles. The maximum atomic E-state index is 12.3. The standard InChI is InChI=1S/C24H18N4O4/c1-13-6-7-19-17(8-13)18(23(29)30)10-20(27-19)14-4-3-5-16(9-14)28-12-15(11-25)21(26)22(28)24(31)32-2/h3-10,12H,26H2,1-2H3,(H,29,30). The summed E-state index contributed by atoms with van der Waals surface area (Å²) in [5.41, 5.74) is 9.46. The van der Waals surface area contributed by atoms with Crippen LogP contribution in [0.3, 0.4) is 0 Å². The summed E-state index contributed by atoms with van der Waals surface area (Å²) in [7, 11) is 1.23. The van der Waals surface area contributed by atoms with E-state index in [1.807, 2.05) is 19.1 Å². The monoisotopic (exact) mass is 426 g/mol. The number of methoxy groups -OCH3 is 1. The summed E-state index contributed by atoms with van der Waals surface area (Å²) in [6.45, 7) is 1.89. The summed E-state index contributed by atoms with van der Waals surface area (Å²) < 4.78 is 6.30. The van der Waals surface area contributed by atoms with E-state index in [0.717, 1.165) is 5.56 Å². The second kappa shape index (κ2) is 7.89. The van der Waals surface area contributed by atoms with Crippen LogP contribution in [0.2, 0.25) is 0 Å². The lowest BCUT2D eigenvalue weighted by Gasteiger charge is -2.11. The first-order chi connectivity index (χ1) is 15.3. The molecule has 0 atom stereocenters. The van der Waals surface area contributed by atoms with E-state index >= 15 is 0 Å². The summed E-state index contributed by atoms with van der Waals surface area (Å²) >= 11 is 0. The second-order valence-electron chi connectivity index (χ2n) is 7.21. The number of nitrogens with two attached hydrogens (primary N) is 1. The fraction of sp³-hybridized carbons (Fsp3) is 0.0833. The van der Waals surface area contributed by atoms with Crippen molar-refractivity contribution in [1.82, 2.24) is 9.55 Å². The second-order valence-corrected chi connectivity index (χ2v) is 7.21. The van der Waals surface area contributed by atoms with Crippen molar-refractivity contribution in [2.75, 3.05) is 12.8 Å². The summed E-state index contributed by atoms with van der Waals surface area (Å²) in [6.07, 6.45) is 1.46. The van der Waals surface area contributed by atoms with Gasteiger partial charge >= 0.3 is 11.9 Å². The Bertz CT molecular complexity index is 1450. The number of carboxylic acids is 1. The van der Waals surface area contributed by atoms with E-state index in [2.05, 4.69) is 4.98 Å². The Labute approximate surface area is 183 Å². The first-order valence-electron chi connectivity index (χ1n) is 9.58. The number of aromatic carboxylic acids is 1. The number of pyridine rings is 1. The number of nitriles is 1. The zero-order valence-corrected chi connectivity index (χ0v) is 17.3. The summed E-state index contributed by atoms with van der Waals surface area (Å²) in [5.74, 6) is -1.73. The van der Waals surface area contributed by atoms with Crippen LogP contribution in [0.5, 0.6) is 0 Å². The van der Waals surface area contributed by atoms with E-state index in [1.54, 1.807) is 36.4 Å². The number of esters is 1. The third-order valence-corrected chi connectivity index (χ3v) is 5.16. The number of nitrogens with zero attached hydrogens (tertiary/aromatic N) is 3. The van der Waals surface area contributed by atoms with Gasteiger partial charge in [0.05, 0.1) is 35.1 Å². The van der Waals surface area contributed by atoms with Gasteiger partial charge in [0.2, 0.25) is 0 Å². The molecule has 8 heteroatoms. The van der Waals surface area contributed by atoms with Gasteiger partial charge in [-0.1, -0.05) is 23.8 Å². The molecule has 0 bridgehead atoms. The third kappa shape index (κ3) is 3.42. The van der Waals surface area contributed by atoms with Crippen molar-refractivity contribution >= 4 is 28.5 Å². The highest BCUT2D eigenvalue weighted by atomic mass is 16.5. The first kappa shape index (κ1) is 20.6. The molecule has 8 nitrogen and oxygen atoms in total. The van der Waals surface area contributed by atoms with Gasteiger partial charge in [-0.05, 0) is 37.3 Å². The smallest absolute Gasteiger partial charge is 0.357 e. The molecular formula is C24H18N4O4. The van der Waals surface area contributed by atoms with Gasteiger partial charge in [0.25, 0.3) is 0 Å². The highest BCUT2D eigenvalue weighted by Crippen LogP contribution is 2.29. The molecule has 3 N–H and O–H groups in total. The van der Waals surface area contributed by atoms with Crippen LogP contribution in [0.1, 0.15) is 32.0 Å². The minimum Gasteiger partial charge on any atom is -0.478 e. The number of hydrogen-bond acceptors (Lipinski definition) is 6. The van der Waals surface area contributed by atoms with Crippen molar-refractivity contribution in [2.24, 2.45) is 0 Å². The number of carbonyl (C=O) groups is 2. The average Bonchev–Trinajstić information content (AvgIpc) is 3.14. The predicted molar refractivity (Wildman–Crippen MR) is 119 cm³/mol. The van der Waals surface area contributed by atoms with Crippen LogP contribution >= 0.6 is 0 Å². The Morgan fingerprint density at radius 1 is 1.19 bits per heavy atom. The van der Waals surface area contributed by atoms with Gasteiger partial charge in [0, 0.05) is 22.8 Å². The van der Waals surface area contributed by atoms with Gasteiger partial charge in [0.15, 0.2) is 5.69 Å². The van der Waals surface area contributed by atoms with Crippen molar-refractivity contribution < 1.29 is 19.4 Å². The van der Waals surface area contributed by atoms with E-state index in [-0.39, 0.29) is 22.5 Å². The van der Waals surface area contributed by atoms with Crippen molar-refractivity contribution in [1.29, 1.82) is 5.26 Å². The summed E-state index contributed by atoms with van der Waals surface area (Å²) in [4.78, 5) is 28.8. The Morgan fingerprint density at radius 3 is 2.66 bits per heavy atom. The van der Waals surface area contributed by atoms with Crippen molar-refractivity contribution in [3.8, 4) is 23.0 Å². The number of nitrogen functional groups attached to an aromatic ring is 1. The molecule has 4 rings (SSSR count). The molecule has 0 radical (unpaired) electrons. The topological polar surface area (TPSA) is 131 Å². The Hall–Kier alpha value is -4.64. The molecule has 32 heavy (non-hydrogen) atoms. The van der Waals surface area contributed by atoms with Crippen molar-refractivity contribution in [3.05, 3.63) is 77.1 Å². The minimum atomic E-state index is -1.05. The Morgan fingerprint density at radius 2 is 1.97 bits per heavy atom. The normalized spacial score (nSPS) is 10.7. The average molecular weight is 426 g/mol. The molecule has 158 valence electrons. The van der Waals surface area contributed by atoms with E-state index in [0.29, 0.717) is 27.8 Å². The van der Waals surface area contributed by atoms with Gasteiger partial charge in [-0.3, -0.25) is 0 Å². The van der Waals surface area contributed by atoms with Crippen LogP contribution in [-0.4, -0.2) is 33.7 Å². The largest absolute Gasteiger partial charge is 0.478 e. The van der Waals surface area contributed by atoms with Crippen LogP contribution in [0.15, 0.2) is 54.7 Å². The van der Waals surface area contributed by atoms with Gasteiger partial charge in [-0.15, -0.1) is 0 Å². The highest BCUT2D eigenvalue weighted by molar-refractivity contribution is 6.04. The minimum absolute atomic E-state index is 0.0251. The zero-order valence-electron chi connectivity index (χ0n) is 17.3. The molecule has 0 saturated heterocycles. The summed E-state index contributed by atoms with van der Waals surface area (Å²) in [5, 5.41) is 19.6. The number of anilines is 1. The van der Waals surface area contributed by atoms with E-state index < -0.39 is 11.9 Å². The molecule has 0 amide bonds. The van der Waals surface area contributed by atoms with Gasteiger partial charge in [-0.25, -0.2) is 14.6 Å². The van der Waals surface area contributed by atoms with Crippen LogP contribution in [0.25, 0.3) is 27.8 Å². The maximum Gasteiger partial charge on any atom is 0.357 e. The Kier molecular flexibility index (Phi) is 5.08. The maximum absolute atomic E-state index is 12.3. The highest BCUT2D eigenvalue weighted by Gasteiger charge is 2.22. The van der Waals surface area contributed by atoms with E-state index in [1.165, 1.54) is 23.9 Å². The number of ether oxygens (including phenoxy) is 1. The number of aryl methyl sites for hydroxylation is 1. The van der Waals surface area contributed by atoms with Crippen LogP contribution < -0.4 is 5.73 Å². The molecule has 0 saturated carbocycles. The molecule has 0 spiro atoms. The van der Waals surface area contributed by atoms with Crippen molar-refractivity contribution in [2.45, 2.75) is 6.92 Å².